The Labute approximate surface area is 658 Å². The van der Waals surface area contributed by atoms with Crippen LogP contribution in [-0.2, 0) is 112 Å². The Morgan fingerprint density at radius 2 is 0.735 bits per heavy atom. The summed E-state index contributed by atoms with van der Waals surface area (Å²) in [7, 11) is -18.0. The van der Waals surface area contributed by atoms with Crippen molar-refractivity contribution in [2.24, 2.45) is 11.5 Å². The summed E-state index contributed by atoms with van der Waals surface area (Å²) in [5.74, 6) is -6.25. The molecule has 0 aromatic heterocycles. The van der Waals surface area contributed by atoms with Gasteiger partial charge in [0, 0.05) is 19.5 Å². The molecule has 35 N–H and O–H groups in total. The van der Waals surface area contributed by atoms with E-state index in [0.717, 1.165) is 0 Å². The molecule has 3 unspecified atom stereocenters. The molecule has 0 radical (unpaired) electrons. The average Bonchev–Trinajstić information content (AvgIpc) is 0.751. The topological polar surface area (TPSA) is 932 Å². The zero-order valence-corrected chi connectivity index (χ0v) is 63.3. The quantitative estimate of drug-likeness (QED) is 0.0254. The van der Waals surface area contributed by atoms with Gasteiger partial charge in [-0.1, -0.05) is 0 Å². The van der Waals surface area contributed by atoms with Gasteiger partial charge in [-0.2, -0.15) is 4.31 Å². The van der Waals surface area contributed by atoms with Crippen molar-refractivity contribution in [3.8, 4) is 0 Å². The molecule has 57 nitrogen and oxygen atoms in total. The van der Waals surface area contributed by atoms with Crippen LogP contribution in [0.3, 0.4) is 0 Å². The molecule has 8 rings (SSSR count). The highest BCUT2D eigenvalue weighted by molar-refractivity contribution is 7.61. The lowest BCUT2D eigenvalue weighted by molar-refractivity contribution is -0.426. The van der Waals surface area contributed by atoms with Crippen LogP contribution in [0, 0.1) is 0 Å². The molecule has 0 aromatic rings. The lowest BCUT2D eigenvalue weighted by Crippen LogP contribution is -2.71. The fraction of sp³-hybridized carbons (Fsp3) is 0.982. The van der Waals surface area contributed by atoms with Crippen LogP contribution in [0.2, 0.25) is 0 Å². The van der Waals surface area contributed by atoms with Gasteiger partial charge in [0.15, 0.2) is 44.0 Å². The van der Waals surface area contributed by atoms with Gasteiger partial charge in [0.05, 0.1) is 66.1 Å². The summed E-state index contributed by atoms with van der Waals surface area (Å²) in [6.07, 6.45) is -110. The van der Waals surface area contributed by atoms with Crippen molar-refractivity contribution >= 4 is 29.4 Å². The highest BCUT2D eigenvalue weighted by Crippen LogP contribution is 2.62. The number of hydrogen-bond donors (Lipinski definition) is 33. The Bertz CT molecular complexity index is 3190. The summed E-state index contributed by atoms with van der Waals surface area (Å²) >= 11 is 0. The van der Waals surface area contributed by atoms with Gasteiger partial charge in [-0.3, -0.25) is 18.1 Å². The second-order valence-electron chi connectivity index (χ2n) is 27.7. The van der Waals surface area contributed by atoms with E-state index in [0.29, 0.717) is 0 Å². The van der Waals surface area contributed by atoms with E-state index >= 15 is 0 Å². The van der Waals surface area contributed by atoms with Crippen LogP contribution in [0.1, 0.15) is 6.42 Å². The van der Waals surface area contributed by atoms with Crippen molar-refractivity contribution in [1.29, 1.82) is 0 Å². The van der Waals surface area contributed by atoms with Crippen molar-refractivity contribution in [2.45, 2.75) is 270 Å². The minimum absolute atomic E-state index is 0.545. The van der Waals surface area contributed by atoms with Crippen molar-refractivity contribution < 1.29 is 270 Å². The fourth-order valence-corrected chi connectivity index (χ4v) is 16.8. The molecule has 8 heterocycles. The molecule has 117 heavy (non-hydrogen) atoms. The first kappa shape index (κ1) is 100. The predicted molar refractivity (Wildman–Crippen MR) is 352 cm³/mol. The van der Waals surface area contributed by atoms with E-state index in [9.17, 15) is 176 Å². The SMILES string of the molecule is NCCOP(=O)(O)O[C@@H](CO)[C@H]1O[C@H](O[C@@H]2[C@H](O)[C@@H](O[C@H]3[C@@H]([C@H](O)CO)O[C@@](O)(C(=O)O)C[C@H]3OP(=O)(O)OP(=O)(O)OCCN)O[C@H]([C@@H](O)CO)[C@H]2O[C@@H]2O[C@H](CO)[C@@H](O[C@@H]3O[C@H](CO)[C@@H](O)[C@H](O)[C@H]3O)[C@H](O)[C@H]2O)[C@@H](O[C@H]2O[C@H]([C@@H](O)CO)[C@@H](O)[C@H](O[C@@H]3O[C@H](CO)[C@H](O)[C@H](O)[C@H]3O)[C@@H]2O)[C@@H](O[C@H]2O[C@H](CO)[C@@H](O)[C@H](O)[C@H]2O)[C@@H]1O. The third-order valence-electron chi connectivity index (χ3n) is 19.7. The molecule has 60 heteroatoms. The number of hydrogen-bond acceptors (Lipinski definition) is 53. The van der Waals surface area contributed by atoms with Crippen molar-refractivity contribution in [1.82, 2.24) is 0 Å². The van der Waals surface area contributed by atoms with E-state index in [2.05, 4.69) is 8.83 Å². The van der Waals surface area contributed by atoms with E-state index in [-0.39, 0.29) is 0 Å². The van der Waals surface area contributed by atoms with Crippen LogP contribution in [0.4, 0.5) is 0 Å². The number of rotatable bonds is 39. The smallest absolute Gasteiger partial charge is 0.477 e. The second kappa shape index (κ2) is 43.0. The molecule has 8 aliphatic rings. The first-order valence-electron chi connectivity index (χ1n) is 35.6. The number of aliphatic hydroxyl groups is 27. The van der Waals surface area contributed by atoms with Gasteiger partial charge in [0.1, 0.15) is 214 Å². The number of ether oxygens (including phenoxy) is 15. The molecule has 0 aromatic carbocycles. The third-order valence-corrected chi connectivity index (χ3v) is 23.4. The summed E-state index contributed by atoms with van der Waals surface area (Å²) in [6.45, 7) is -14.1. The Morgan fingerprint density at radius 1 is 0.376 bits per heavy atom. The summed E-state index contributed by atoms with van der Waals surface area (Å²) in [6, 6.07) is 0. The number of carbonyl (C=O) groups is 1. The van der Waals surface area contributed by atoms with Crippen LogP contribution >= 0.6 is 23.5 Å². The highest BCUT2D eigenvalue weighted by atomic mass is 31.3. The number of carboxylic acid groups (broad SMARTS) is 1. The van der Waals surface area contributed by atoms with E-state index in [4.69, 9.17) is 96.1 Å². The molecule has 46 atom stereocenters. The van der Waals surface area contributed by atoms with Gasteiger partial charge < -0.3 is 240 Å². The number of aliphatic carboxylic acids is 1. The minimum Gasteiger partial charge on any atom is -0.477 e. The fourth-order valence-electron chi connectivity index (χ4n) is 13.6. The van der Waals surface area contributed by atoms with Crippen LogP contribution in [-0.4, -0.2) is 506 Å². The van der Waals surface area contributed by atoms with E-state index in [1.165, 1.54) is 0 Å². The lowest BCUT2D eigenvalue weighted by Gasteiger charge is -2.53. The van der Waals surface area contributed by atoms with Gasteiger partial charge in [-0.25, -0.2) is 18.5 Å². The number of aliphatic hydroxyl groups excluding tert-OH is 26. The van der Waals surface area contributed by atoms with E-state index in [1.807, 2.05) is 0 Å². The molecular formula is C57H103N2O55P3. The number of carboxylic acids is 1. The highest BCUT2D eigenvalue weighted by Gasteiger charge is 2.65. The van der Waals surface area contributed by atoms with Gasteiger partial charge in [0.2, 0.25) is 0 Å². The molecule has 8 saturated heterocycles. The van der Waals surface area contributed by atoms with Gasteiger partial charge in [0.25, 0.3) is 5.79 Å². The maximum atomic E-state index is 13.8. The van der Waals surface area contributed by atoms with Crippen LogP contribution < -0.4 is 11.5 Å². The monoisotopic (exact) mass is 1790 g/mol. The largest absolute Gasteiger partial charge is 0.481 e. The van der Waals surface area contributed by atoms with E-state index in [1.54, 1.807) is 0 Å². The standard InChI is InChI=1S/C57H103N2O55P3/c58-1-3-95-115(89,90)113-22(13-67)42-35(83)45(107-51-32(80)28(76)25(73)20(11-65)99-51)48(110-53-36(84)44(34(82)38(101-53)14(68)6-60)106-50-31(79)27(75)24(72)19(10-64)98-50)55(104-42)108-46-37(85)54(105-43-17(112-117(93,94)114-116(91,92)96-4-2-59)5-57(88,56(86)87)111-40(43)16(70)8-62)102-39(15(69)7-61)47(46)109-52-33(81)29(77)41(21(12-66)100-52)103-49-30(78)26(74)23(71)18(9-63)97-49/h14-55,60-85,88H,1-13,58-59H2,(H,86,87)(H,89,90)(H,91,92)(H,93,94)/t14-,15-,16+,17+,18+,19+,20+,21+,22-,23+,24-,25+,26-,27-,28-,29+,30+,31+,32+,33+,34+,35+,36-,37-,38+,39+,40+,41+,42+,43+,44-,45-,46+,47+,48-,49-,50-,51+,52-,53+,54+,55+,57+/m0/s1. The third kappa shape index (κ3) is 23.3. The zero-order valence-electron chi connectivity index (χ0n) is 60.6. The normalized spacial score (nSPS) is 46.4. The summed E-state index contributed by atoms with van der Waals surface area (Å²) in [5, 5.41) is 313. The molecule has 0 aliphatic carbocycles. The maximum Gasteiger partial charge on any atom is 0.481 e. The summed E-state index contributed by atoms with van der Waals surface area (Å²) in [5.41, 5.74) is 10.8. The molecule has 686 valence electrons. The summed E-state index contributed by atoms with van der Waals surface area (Å²) < 4.78 is 152. The number of phosphoric acid groups is 3. The van der Waals surface area contributed by atoms with Gasteiger partial charge >= 0.3 is 29.4 Å². The maximum absolute atomic E-state index is 13.8. The average molecular weight is 1790 g/mol. The first-order valence-corrected chi connectivity index (χ1v) is 40.1. The van der Waals surface area contributed by atoms with Crippen molar-refractivity contribution in [3.05, 3.63) is 0 Å². The lowest BCUT2D eigenvalue weighted by atomic mass is 9.91. The Balaban J connectivity index is 1.36. The molecular weight excluding hydrogens is 1690 g/mol. The van der Waals surface area contributed by atoms with Crippen LogP contribution in [0.25, 0.3) is 0 Å². The van der Waals surface area contributed by atoms with Gasteiger partial charge in [-0.15, -0.1) is 0 Å². The number of phosphoric ester groups is 3. The van der Waals surface area contributed by atoms with Crippen LogP contribution in [0.15, 0.2) is 0 Å². The number of nitrogens with two attached hydrogens (primary N) is 2. The minimum atomic E-state index is -6.41. The van der Waals surface area contributed by atoms with Gasteiger partial charge in [-0.05, 0) is 0 Å². The Morgan fingerprint density at radius 3 is 1.20 bits per heavy atom. The first-order chi connectivity index (χ1) is 54.9. The van der Waals surface area contributed by atoms with Crippen molar-refractivity contribution in [2.75, 3.05) is 79.2 Å². The molecule has 0 amide bonds. The zero-order chi connectivity index (χ0) is 87.2. The predicted octanol–water partition coefficient (Wildman–Crippen LogP) is -20.2. The second-order valence-corrected chi connectivity index (χ2v) is 32.1. The molecule has 0 spiro atoms. The van der Waals surface area contributed by atoms with Crippen LogP contribution in [0.5, 0.6) is 0 Å². The summed E-state index contributed by atoms with van der Waals surface area (Å²) in [4.78, 5) is 45.2. The molecule has 0 bridgehead atoms. The Kier molecular flexibility index (Phi) is 37.0. The molecule has 8 aliphatic heterocycles. The molecule has 0 saturated carbocycles. The van der Waals surface area contributed by atoms with E-state index < -0.39 is 378 Å². The van der Waals surface area contributed by atoms with Crippen molar-refractivity contribution in [3.63, 3.8) is 0 Å². The Hall–Kier alpha value is -1.92. The molecule has 8 fully saturated rings.